The van der Waals surface area contributed by atoms with Gasteiger partial charge < -0.3 is 39.2 Å². The highest BCUT2D eigenvalue weighted by Gasteiger charge is 2.63. The van der Waals surface area contributed by atoms with Gasteiger partial charge in [0.15, 0.2) is 22.2 Å². The van der Waals surface area contributed by atoms with E-state index in [4.69, 9.17) is 19.2 Å². The van der Waals surface area contributed by atoms with E-state index < -0.39 is 46.9 Å². The van der Waals surface area contributed by atoms with Gasteiger partial charge in [0.2, 0.25) is 0 Å². The maximum atomic E-state index is 14.1. The van der Waals surface area contributed by atoms with Crippen LogP contribution < -0.4 is 29.7 Å². The van der Waals surface area contributed by atoms with Crippen molar-refractivity contribution in [3.63, 3.8) is 0 Å². The summed E-state index contributed by atoms with van der Waals surface area (Å²) < 4.78 is 95.5. The van der Waals surface area contributed by atoms with Crippen molar-refractivity contribution < 1.29 is 55.2 Å². The third-order valence-corrected chi connectivity index (χ3v) is 11.3. The molecule has 1 aliphatic carbocycles. The highest BCUT2D eigenvalue weighted by Crippen LogP contribution is 2.52. The van der Waals surface area contributed by atoms with Crippen LogP contribution in [0.5, 0.6) is 17.2 Å². The van der Waals surface area contributed by atoms with Crippen molar-refractivity contribution in [3.05, 3.63) is 35.4 Å². The van der Waals surface area contributed by atoms with Crippen molar-refractivity contribution in [2.75, 3.05) is 50.2 Å². The van der Waals surface area contributed by atoms with Gasteiger partial charge in [-0.15, -0.1) is 8.78 Å². The molecule has 6 heterocycles. The first-order chi connectivity index (χ1) is 23.3. The highest BCUT2D eigenvalue weighted by atomic mass is 32.1. The number of methoxy groups -OCH3 is 1. The fourth-order valence-electron chi connectivity index (χ4n) is 7.60. The van der Waals surface area contributed by atoms with E-state index in [1.165, 1.54) is 18.4 Å². The van der Waals surface area contributed by atoms with Gasteiger partial charge in [0.1, 0.15) is 11.3 Å². The Balaban J connectivity index is 1.10. The Hall–Kier alpha value is -3.96. The topological polar surface area (TPSA) is 120 Å². The minimum Gasteiger partial charge on any atom is -0.496 e. The summed E-state index contributed by atoms with van der Waals surface area (Å²) in [4.78, 5) is 34.9. The normalized spacial score (nSPS) is 28.4. The predicted octanol–water partition coefficient (Wildman–Crippen LogP) is 5.73. The summed E-state index contributed by atoms with van der Waals surface area (Å²) >= 11 is 1.32. The van der Waals surface area contributed by atoms with E-state index in [1.807, 2.05) is 0 Å². The first-order valence-electron chi connectivity index (χ1n) is 15.8. The number of aromatic nitrogens is 1. The molecule has 3 aromatic rings. The molecule has 2 unspecified atom stereocenters. The molecule has 0 radical (unpaired) electrons. The minimum atomic E-state index is -4.56. The predicted molar refractivity (Wildman–Crippen MR) is 165 cm³/mol. The van der Waals surface area contributed by atoms with E-state index in [1.54, 1.807) is 12.1 Å². The number of hydrogen-bond donors (Lipinski definition) is 2. The molecule has 4 saturated heterocycles. The Morgan fingerprint density at radius 3 is 2.35 bits per heavy atom. The first-order valence-corrected chi connectivity index (χ1v) is 16.7. The van der Waals surface area contributed by atoms with Crippen LogP contribution in [0.3, 0.4) is 0 Å². The molecule has 1 aromatic heterocycles. The summed E-state index contributed by atoms with van der Waals surface area (Å²) in [6.07, 6.45) is -8.22. The number of carbonyl (C=O) groups excluding carboxylic acids is 2. The van der Waals surface area contributed by atoms with Gasteiger partial charge in [-0.05, 0) is 50.3 Å². The van der Waals surface area contributed by atoms with Crippen LogP contribution in [0.25, 0.3) is 10.2 Å². The summed E-state index contributed by atoms with van der Waals surface area (Å²) in [5, 5.41) is 6.16. The maximum absolute atomic E-state index is 14.1. The van der Waals surface area contributed by atoms with Crippen molar-refractivity contribution in [2.45, 2.75) is 55.7 Å². The number of thiazole rings is 1. The van der Waals surface area contributed by atoms with Gasteiger partial charge in [0.05, 0.1) is 53.9 Å². The van der Waals surface area contributed by atoms with Crippen LogP contribution in [0, 0.1) is 11.8 Å². The van der Waals surface area contributed by atoms with Gasteiger partial charge in [-0.2, -0.15) is 13.2 Å². The minimum absolute atomic E-state index is 0.0129. The fourth-order valence-corrected chi connectivity index (χ4v) is 8.72. The molecule has 2 amide bonds. The first kappa shape index (κ1) is 32.3. The molecule has 2 N–H and O–H groups in total. The number of alkyl halides is 5. The standard InChI is InChI=1S/C32H31F5N4O7S/c1-44-21-3-2-19-25(49-28(39-19)41-11-16-8-17(12-41)14-45-13-16)24(21)27(43)38-20-10-23-22(47-32(36,37)48-23)9-18(20)26(42)40-29-4-6-30(7-5-29,46-15-29)31(33,34)35/h2-3,9-10,16-17H,4-8,11-15H2,1H3,(H,38,43)(H,40,42). The molecule has 4 bridgehead atoms. The zero-order valence-corrected chi connectivity index (χ0v) is 26.9. The highest BCUT2D eigenvalue weighted by molar-refractivity contribution is 7.22. The molecule has 11 nitrogen and oxygen atoms in total. The van der Waals surface area contributed by atoms with Crippen molar-refractivity contribution in [1.29, 1.82) is 0 Å². The molecule has 9 rings (SSSR count). The zero-order valence-electron chi connectivity index (χ0n) is 26.1. The summed E-state index contributed by atoms with van der Waals surface area (Å²) in [7, 11) is 1.40. The van der Waals surface area contributed by atoms with Gasteiger partial charge in [0, 0.05) is 31.0 Å². The lowest BCUT2D eigenvalue weighted by atomic mass is 9.70. The van der Waals surface area contributed by atoms with Crippen molar-refractivity contribution in [1.82, 2.24) is 10.3 Å². The van der Waals surface area contributed by atoms with Crippen LogP contribution in [-0.2, 0) is 9.47 Å². The van der Waals surface area contributed by atoms with Crippen LogP contribution in [0.15, 0.2) is 24.3 Å². The second-order valence-corrected chi connectivity index (χ2v) is 14.4. The average Bonchev–Trinajstić information content (AvgIpc) is 3.63. The maximum Gasteiger partial charge on any atom is 0.586 e. The molecule has 0 spiro atoms. The Kier molecular flexibility index (Phi) is 7.43. The monoisotopic (exact) mass is 710 g/mol. The lowest BCUT2D eigenvalue weighted by molar-refractivity contribution is -0.317. The number of hydrogen-bond acceptors (Lipinski definition) is 10. The van der Waals surface area contributed by atoms with Crippen molar-refractivity contribution >= 4 is 44.2 Å². The Bertz CT molecular complexity index is 1820. The molecule has 6 aliphatic rings. The summed E-state index contributed by atoms with van der Waals surface area (Å²) in [5.41, 5.74) is -3.18. The summed E-state index contributed by atoms with van der Waals surface area (Å²) in [5.74, 6) is -1.45. The molecule has 5 aliphatic heterocycles. The molecular formula is C32H31F5N4O7S. The molecule has 262 valence electrons. The largest absolute Gasteiger partial charge is 0.586 e. The van der Waals surface area contributed by atoms with Gasteiger partial charge in [-0.25, -0.2) is 4.98 Å². The SMILES string of the molecule is COc1ccc2nc(N3CC4COCC(C4)C3)sc2c1C(=O)Nc1cc2c(cc1C(=O)NC13CCC(C(F)(F)F)(CC1)OC3)OC(F)(F)O2. The third-order valence-electron chi connectivity index (χ3n) is 10.1. The van der Waals surface area contributed by atoms with Crippen molar-refractivity contribution in [3.8, 4) is 17.2 Å². The second-order valence-electron chi connectivity index (χ2n) is 13.4. The van der Waals surface area contributed by atoms with E-state index in [0.717, 1.165) is 36.8 Å². The number of piperidine rings is 1. The molecule has 5 fully saturated rings. The van der Waals surface area contributed by atoms with Crippen LogP contribution in [0.1, 0.15) is 52.8 Å². The van der Waals surface area contributed by atoms with Crippen LogP contribution in [0.4, 0.5) is 32.8 Å². The van der Waals surface area contributed by atoms with E-state index in [0.29, 0.717) is 35.3 Å². The molecule has 1 saturated carbocycles. The lowest BCUT2D eigenvalue weighted by Gasteiger charge is -2.53. The number of nitrogens with zero attached hydrogens (tertiary/aromatic N) is 2. The Morgan fingerprint density at radius 2 is 1.71 bits per heavy atom. The number of benzene rings is 2. The quantitative estimate of drug-likeness (QED) is 0.310. The van der Waals surface area contributed by atoms with E-state index in [2.05, 4.69) is 25.0 Å². The van der Waals surface area contributed by atoms with Gasteiger partial charge in [-0.3, -0.25) is 9.59 Å². The van der Waals surface area contributed by atoms with Crippen LogP contribution in [-0.4, -0.2) is 80.4 Å². The number of amides is 2. The van der Waals surface area contributed by atoms with Crippen molar-refractivity contribution in [2.24, 2.45) is 11.8 Å². The van der Waals surface area contributed by atoms with E-state index >= 15 is 0 Å². The number of ether oxygens (including phenoxy) is 5. The number of anilines is 2. The smallest absolute Gasteiger partial charge is 0.496 e. The van der Waals surface area contributed by atoms with Gasteiger partial charge in [-0.1, -0.05) is 11.3 Å². The summed E-state index contributed by atoms with van der Waals surface area (Å²) in [6, 6.07) is 5.39. The van der Waals surface area contributed by atoms with Gasteiger partial charge in [0.25, 0.3) is 11.8 Å². The Labute approximate surface area is 280 Å². The molecule has 2 atom stereocenters. The van der Waals surface area contributed by atoms with Gasteiger partial charge >= 0.3 is 12.5 Å². The molecule has 17 heteroatoms. The lowest BCUT2D eigenvalue weighted by Crippen LogP contribution is -2.66. The number of nitrogens with one attached hydrogen (secondary N) is 2. The molecular weight excluding hydrogens is 679 g/mol. The number of rotatable bonds is 6. The number of carbonyl (C=O) groups is 2. The fraction of sp³-hybridized carbons (Fsp3) is 0.531. The van der Waals surface area contributed by atoms with Crippen LogP contribution in [0.2, 0.25) is 0 Å². The number of halogens is 5. The summed E-state index contributed by atoms with van der Waals surface area (Å²) in [6.45, 7) is 2.50. The van der Waals surface area contributed by atoms with E-state index in [-0.39, 0.29) is 54.9 Å². The second kappa shape index (κ2) is 11.3. The average molecular weight is 711 g/mol. The van der Waals surface area contributed by atoms with E-state index in [9.17, 15) is 31.5 Å². The Morgan fingerprint density at radius 1 is 1.02 bits per heavy atom. The molecule has 49 heavy (non-hydrogen) atoms. The zero-order chi connectivity index (χ0) is 34.3. The third kappa shape index (κ3) is 5.59. The van der Waals surface area contributed by atoms with Crippen LogP contribution >= 0.6 is 11.3 Å². The number of fused-ring (bicyclic) bond motifs is 7. The molecule has 2 aromatic carbocycles.